The van der Waals surface area contributed by atoms with E-state index >= 15 is 0 Å². The van der Waals surface area contributed by atoms with Crippen LogP contribution in [0.1, 0.15) is 56.7 Å². The van der Waals surface area contributed by atoms with Gasteiger partial charge in [0.1, 0.15) is 16.9 Å². The summed E-state index contributed by atoms with van der Waals surface area (Å²) in [5, 5.41) is 10.0. The quantitative estimate of drug-likeness (QED) is 0.621. The Labute approximate surface area is 198 Å². The molecule has 7 nitrogen and oxygen atoms in total. The number of aliphatic hydroxyl groups is 1. The molecule has 4 rings (SSSR count). The Balaban J connectivity index is 1.63. The smallest absolute Gasteiger partial charge is 0.290 e. The number of fused-ring (bicyclic) bond motifs is 1. The second-order valence-electron chi connectivity index (χ2n) is 9.74. The van der Waals surface area contributed by atoms with Gasteiger partial charge in [0.25, 0.3) is 11.8 Å². The van der Waals surface area contributed by atoms with Crippen LogP contribution < -0.4 is 0 Å². The fourth-order valence-corrected chi connectivity index (χ4v) is 4.32. The van der Waals surface area contributed by atoms with Gasteiger partial charge >= 0.3 is 0 Å². The van der Waals surface area contributed by atoms with Crippen LogP contribution in [0.5, 0.6) is 0 Å². The van der Waals surface area contributed by atoms with E-state index in [9.17, 15) is 19.1 Å². The Morgan fingerprint density at radius 3 is 2.44 bits per heavy atom. The molecule has 1 aromatic carbocycles. The molecule has 1 aliphatic rings. The molecule has 3 aromatic rings. The maximum atomic E-state index is 13.4. The van der Waals surface area contributed by atoms with Crippen LogP contribution in [-0.4, -0.2) is 63.0 Å². The first-order valence-electron chi connectivity index (χ1n) is 11.5. The molecule has 0 saturated carbocycles. The Kier molecular flexibility index (Phi) is 6.20. The molecule has 0 aliphatic carbocycles. The molecular weight excluding hydrogens is 437 g/mol. The minimum Gasteiger partial charge on any atom is -0.449 e. The van der Waals surface area contributed by atoms with Gasteiger partial charge in [-0.1, -0.05) is 13.8 Å². The van der Waals surface area contributed by atoms with Gasteiger partial charge in [-0.2, -0.15) is 0 Å². The van der Waals surface area contributed by atoms with Crippen molar-refractivity contribution < 1.29 is 23.5 Å². The highest BCUT2D eigenvalue weighted by atomic mass is 19.1. The van der Waals surface area contributed by atoms with Crippen LogP contribution in [0.25, 0.3) is 22.4 Å². The summed E-state index contributed by atoms with van der Waals surface area (Å²) in [4.78, 5) is 33.7. The Morgan fingerprint density at radius 2 is 1.85 bits per heavy atom. The number of hydrogen-bond donors (Lipinski definition) is 1. The van der Waals surface area contributed by atoms with Gasteiger partial charge in [-0.25, -0.2) is 9.37 Å². The highest BCUT2D eigenvalue weighted by molar-refractivity contribution is 5.96. The highest BCUT2D eigenvalue weighted by Crippen LogP contribution is 2.32. The summed E-state index contributed by atoms with van der Waals surface area (Å²) in [6.07, 6.45) is 0. The van der Waals surface area contributed by atoms with Crippen LogP contribution in [0.15, 0.2) is 40.8 Å². The largest absolute Gasteiger partial charge is 0.449 e. The van der Waals surface area contributed by atoms with Gasteiger partial charge in [0, 0.05) is 42.9 Å². The lowest BCUT2D eigenvalue weighted by atomic mass is 10.00. The first-order chi connectivity index (χ1) is 16.0. The van der Waals surface area contributed by atoms with Gasteiger partial charge in [-0.05, 0) is 57.0 Å². The number of nitrogens with zero attached hydrogens (tertiary/aromatic N) is 3. The standard InChI is InChI=1S/C26H30FN3O4/c1-15(2)19-12-20(17-6-8-18(27)9-7-17)28-21-13-22(34-23(19)21)24(31)30-11-10-29(14-16(30)3)25(32)26(4,5)33/h6-9,12-13,15-16,33H,10-11,14H2,1-5H3/t16-/m1/s1. The van der Waals surface area contributed by atoms with Crippen molar-refractivity contribution >= 4 is 22.9 Å². The molecular formula is C26H30FN3O4. The van der Waals surface area contributed by atoms with Crippen LogP contribution in [0.3, 0.4) is 0 Å². The van der Waals surface area contributed by atoms with Crippen LogP contribution >= 0.6 is 0 Å². The molecule has 0 unspecified atom stereocenters. The molecule has 0 spiro atoms. The molecule has 1 saturated heterocycles. The number of carbonyl (C=O) groups excluding carboxylic acids is 2. The lowest BCUT2D eigenvalue weighted by Crippen LogP contribution is -2.58. The molecule has 1 fully saturated rings. The monoisotopic (exact) mass is 467 g/mol. The molecule has 1 N–H and O–H groups in total. The van der Waals surface area contributed by atoms with E-state index in [2.05, 4.69) is 4.98 Å². The van der Waals surface area contributed by atoms with E-state index in [0.717, 1.165) is 11.1 Å². The third-order valence-corrected chi connectivity index (χ3v) is 6.18. The summed E-state index contributed by atoms with van der Waals surface area (Å²) in [6, 6.07) is 9.47. The van der Waals surface area contributed by atoms with Crippen molar-refractivity contribution in [1.29, 1.82) is 0 Å². The Bertz CT molecular complexity index is 1230. The van der Waals surface area contributed by atoms with Crippen molar-refractivity contribution in [3.05, 3.63) is 53.5 Å². The predicted octanol–water partition coefficient (Wildman–Crippen LogP) is 4.20. The molecule has 0 radical (unpaired) electrons. The molecule has 180 valence electrons. The van der Waals surface area contributed by atoms with Gasteiger partial charge in [0.15, 0.2) is 11.3 Å². The van der Waals surface area contributed by atoms with Crippen LogP contribution in [0.4, 0.5) is 4.39 Å². The van der Waals surface area contributed by atoms with Crippen molar-refractivity contribution in [3.63, 3.8) is 0 Å². The number of carbonyl (C=O) groups is 2. The summed E-state index contributed by atoms with van der Waals surface area (Å²) >= 11 is 0. The number of pyridine rings is 1. The molecule has 1 atom stereocenters. The normalized spacial score (nSPS) is 17.0. The lowest BCUT2D eigenvalue weighted by molar-refractivity contribution is -0.150. The number of benzene rings is 1. The van der Waals surface area contributed by atoms with E-state index in [4.69, 9.17) is 4.42 Å². The van der Waals surface area contributed by atoms with Crippen LogP contribution in [0, 0.1) is 5.82 Å². The third-order valence-electron chi connectivity index (χ3n) is 6.18. The lowest BCUT2D eigenvalue weighted by Gasteiger charge is -2.41. The number of halogens is 1. The Hall–Kier alpha value is -3.26. The van der Waals surface area contributed by atoms with Crippen molar-refractivity contribution in [2.75, 3.05) is 19.6 Å². The predicted molar refractivity (Wildman–Crippen MR) is 127 cm³/mol. The van der Waals surface area contributed by atoms with Crippen molar-refractivity contribution in [2.24, 2.45) is 0 Å². The molecule has 2 aromatic heterocycles. The van der Waals surface area contributed by atoms with E-state index in [0.29, 0.717) is 36.4 Å². The Morgan fingerprint density at radius 1 is 1.18 bits per heavy atom. The van der Waals surface area contributed by atoms with Crippen LogP contribution in [0.2, 0.25) is 0 Å². The number of piperazine rings is 1. The first-order valence-corrected chi connectivity index (χ1v) is 11.5. The van der Waals surface area contributed by atoms with Gasteiger partial charge in [-0.15, -0.1) is 0 Å². The average Bonchev–Trinajstić information content (AvgIpc) is 3.21. The maximum Gasteiger partial charge on any atom is 0.290 e. The number of aromatic nitrogens is 1. The second kappa shape index (κ2) is 8.83. The van der Waals surface area contributed by atoms with Gasteiger partial charge in [-0.3, -0.25) is 9.59 Å². The van der Waals surface area contributed by atoms with Crippen molar-refractivity contribution in [3.8, 4) is 11.3 Å². The molecule has 8 heteroatoms. The van der Waals surface area contributed by atoms with E-state index in [-0.39, 0.29) is 35.4 Å². The average molecular weight is 468 g/mol. The number of rotatable bonds is 4. The molecule has 1 aliphatic heterocycles. The van der Waals surface area contributed by atoms with Gasteiger partial charge in [0.05, 0.1) is 5.69 Å². The summed E-state index contributed by atoms with van der Waals surface area (Å²) < 4.78 is 19.4. The summed E-state index contributed by atoms with van der Waals surface area (Å²) in [5.41, 5.74) is 2.05. The van der Waals surface area contributed by atoms with E-state index in [1.165, 1.54) is 26.0 Å². The summed E-state index contributed by atoms with van der Waals surface area (Å²) in [6.45, 7) is 9.88. The molecule has 3 heterocycles. The zero-order valence-corrected chi connectivity index (χ0v) is 20.1. The van der Waals surface area contributed by atoms with Gasteiger partial charge < -0.3 is 19.3 Å². The van der Waals surface area contributed by atoms with E-state index < -0.39 is 5.60 Å². The number of furan rings is 1. The molecule has 34 heavy (non-hydrogen) atoms. The molecule has 0 bridgehead atoms. The zero-order valence-electron chi connectivity index (χ0n) is 20.1. The minimum atomic E-state index is -1.45. The first kappa shape index (κ1) is 23.9. The topological polar surface area (TPSA) is 86.9 Å². The zero-order chi connectivity index (χ0) is 24.8. The maximum absolute atomic E-state index is 13.4. The number of amides is 2. The van der Waals surface area contributed by atoms with Crippen molar-refractivity contribution in [2.45, 2.75) is 52.2 Å². The SMILES string of the molecule is CC(C)c1cc(-c2ccc(F)cc2)nc2cc(C(=O)N3CCN(C(=O)C(C)(C)O)C[C@H]3C)oc12. The minimum absolute atomic E-state index is 0.120. The highest BCUT2D eigenvalue weighted by Gasteiger charge is 2.36. The van der Waals surface area contributed by atoms with E-state index in [1.54, 1.807) is 28.0 Å². The molecule has 2 amide bonds. The fraction of sp³-hybridized carbons (Fsp3) is 0.423. The third kappa shape index (κ3) is 4.55. The summed E-state index contributed by atoms with van der Waals surface area (Å²) in [7, 11) is 0. The van der Waals surface area contributed by atoms with Crippen molar-refractivity contribution in [1.82, 2.24) is 14.8 Å². The van der Waals surface area contributed by atoms with E-state index in [1.807, 2.05) is 26.8 Å². The van der Waals surface area contributed by atoms with Gasteiger partial charge in [0.2, 0.25) is 0 Å². The van der Waals surface area contributed by atoms with Crippen LogP contribution in [-0.2, 0) is 4.79 Å². The second-order valence-corrected chi connectivity index (χ2v) is 9.74. The number of hydrogen-bond acceptors (Lipinski definition) is 5. The summed E-state index contributed by atoms with van der Waals surface area (Å²) in [5.74, 6) is -0.624. The fourth-order valence-electron chi connectivity index (χ4n) is 4.32.